The van der Waals surface area contributed by atoms with Crippen LogP contribution in [-0.4, -0.2) is 38.8 Å². The second kappa shape index (κ2) is 7.47. The predicted octanol–water partition coefficient (Wildman–Crippen LogP) is 1.05. The number of aliphatic hydroxyl groups excluding tert-OH is 1. The van der Waals surface area contributed by atoms with Crippen molar-refractivity contribution in [2.45, 2.75) is 37.7 Å². The quantitative estimate of drug-likeness (QED) is 0.537. The molecule has 1 atom stereocenters. The van der Waals surface area contributed by atoms with Gasteiger partial charge in [0.05, 0.1) is 12.6 Å². The van der Waals surface area contributed by atoms with Gasteiger partial charge in [-0.2, -0.15) is 0 Å². The highest BCUT2D eigenvalue weighted by atomic mass is 32.2. The third kappa shape index (κ3) is 4.14. The first kappa shape index (κ1) is 14.2. The maximum Gasteiger partial charge on any atom is 0.191 e. The number of hydrogen-bond acceptors (Lipinski definition) is 5. The van der Waals surface area contributed by atoms with Crippen LogP contribution in [0.4, 0.5) is 0 Å². The van der Waals surface area contributed by atoms with E-state index in [1.807, 2.05) is 24.6 Å². The standard InChI is InChI=1S/C11H20N4OS/c1-4-6-15-10(7-12-3)13-14-11(15)17-8-9(16)5-2/h4,9,12,16H,1,5-8H2,2-3H3. The highest BCUT2D eigenvalue weighted by Gasteiger charge is 2.12. The fraction of sp³-hybridized carbons (Fsp3) is 0.636. The molecular formula is C11H20N4OS. The first-order valence-corrected chi connectivity index (χ1v) is 6.69. The molecular weight excluding hydrogens is 236 g/mol. The predicted molar refractivity (Wildman–Crippen MR) is 70.0 cm³/mol. The Balaban J connectivity index is 2.72. The second-order valence-corrected chi connectivity index (χ2v) is 4.69. The summed E-state index contributed by atoms with van der Waals surface area (Å²) >= 11 is 1.53. The summed E-state index contributed by atoms with van der Waals surface area (Å²) in [4.78, 5) is 0. The number of nitrogens with zero attached hydrogens (tertiary/aromatic N) is 3. The van der Waals surface area contributed by atoms with Crippen molar-refractivity contribution in [2.24, 2.45) is 0 Å². The zero-order valence-corrected chi connectivity index (χ0v) is 11.2. The lowest BCUT2D eigenvalue weighted by Gasteiger charge is -2.09. The molecule has 2 N–H and O–H groups in total. The minimum absolute atomic E-state index is 0.290. The van der Waals surface area contributed by atoms with Gasteiger partial charge in [0.2, 0.25) is 0 Å². The molecule has 0 aromatic carbocycles. The summed E-state index contributed by atoms with van der Waals surface area (Å²) in [6.07, 6.45) is 2.29. The molecule has 5 nitrogen and oxygen atoms in total. The van der Waals surface area contributed by atoms with Crippen molar-refractivity contribution < 1.29 is 5.11 Å². The number of nitrogens with one attached hydrogen (secondary N) is 1. The molecule has 0 amide bonds. The Bertz CT molecular complexity index is 353. The topological polar surface area (TPSA) is 63.0 Å². The molecule has 0 radical (unpaired) electrons. The van der Waals surface area contributed by atoms with Crippen LogP contribution in [0, 0.1) is 0 Å². The number of thioether (sulfide) groups is 1. The van der Waals surface area contributed by atoms with Gasteiger partial charge in [-0.05, 0) is 13.5 Å². The van der Waals surface area contributed by atoms with Crippen LogP contribution < -0.4 is 5.32 Å². The number of aromatic nitrogens is 3. The Hall–Kier alpha value is -0.850. The molecule has 1 unspecified atom stereocenters. The van der Waals surface area contributed by atoms with Gasteiger partial charge in [-0.1, -0.05) is 24.8 Å². The molecule has 0 saturated carbocycles. The summed E-state index contributed by atoms with van der Waals surface area (Å²) in [6.45, 7) is 7.07. The summed E-state index contributed by atoms with van der Waals surface area (Å²) in [5.41, 5.74) is 0. The molecule has 6 heteroatoms. The zero-order valence-electron chi connectivity index (χ0n) is 10.4. The van der Waals surface area contributed by atoms with Gasteiger partial charge in [-0.25, -0.2) is 0 Å². The summed E-state index contributed by atoms with van der Waals surface area (Å²) in [5, 5.41) is 21.7. The van der Waals surface area contributed by atoms with E-state index < -0.39 is 0 Å². The third-order valence-corrected chi connectivity index (χ3v) is 3.43. The van der Waals surface area contributed by atoms with Crippen LogP contribution in [0.5, 0.6) is 0 Å². The van der Waals surface area contributed by atoms with Crippen LogP contribution in [-0.2, 0) is 13.1 Å². The third-order valence-electron chi connectivity index (χ3n) is 2.32. The van der Waals surface area contributed by atoms with Gasteiger partial charge in [-0.15, -0.1) is 16.8 Å². The largest absolute Gasteiger partial charge is 0.392 e. The molecule has 1 aromatic rings. The van der Waals surface area contributed by atoms with E-state index >= 15 is 0 Å². The van der Waals surface area contributed by atoms with Gasteiger partial charge >= 0.3 is 0 Å². The number of hydrogen-bond donors (Lipinski definition) is 2. The van der Waals surface area contributed by atoms with E-state index in [-0.39, 0.29) is 6.10 Å². The molecule has 0 saturated heterocycles. The molecule has 96 valence electrons. The van der Waals surface area contributed by atoms with Gasteiger partial charge in [0.15, 0.2) is 5.16 Å². The molecule has 0 fully saturated rings. The summed E-state index contributed by atoms with van der Waals surface area (Å²) in [7, 11) is 1.88. The van der Waals surface area contributed by atoms with Crippen LogP contribution in [0.25, 0.3) is 0 Å². The maximum atomic E-state index is 9.54. The van der Waals surface area contributed by atoms with E-state index in [2.05, 4.69) is 22.1 Å². The van der Waals surface area contributed by atoms with Crippen molar-refractivity contribution in [3.05, 3.63) is 18.5 Å². The molecule has 0 aliphatic rings. The van der Waals surface area contributed by atoms with Crippen LogP contribution in [0.15, 0.2) is 17.8 Å². The first-order chi connectivity index (χ1) is 8.22. The molecule has 17 heavy (non-hydrogen) atoms. The molecule has 0 bridgehead atoms. The lowest BCUT2D eigenvalue weighted by molar-refractivity contribution is 0.195. The number of rotatable bonds is 8. The SMILES string of the molecule is C=CCn1c(CNC)nnc1SCC(O)CC. The van der Waals surface area contributed by atoms with Crippen LogP contribution in [0.1, 0.15) is 19.2 Å². The summed E-state index contributed by atoms with van der Waals surface area (Å²) in [6, 6.07) is 0. The molecule has 1 aromatic heterocycles. The Morgan fingerprint density at radius 1 is 1.59 bits per heavy atom. The fourth-order valence-electron chi connectivity index (χ4n) is 1.32. The van der Waals surface area contributed by atoms with Crippen LogP contribution in [0.2, 0.25) is 0 Å². The average Bonchev–Trinajstić information content (AvgIpc) is 2.70. The minimum Gasteiger partial charge on any atom is -0.392 e. The molecule has 1 heterocycles. The van der Waals surface area contributed by atoms with Crippen molar-refractivity contribution in [1.82, 2.24) is 20.1 Å². The van der Waals surface area contributed by atoms with E-state index in [4.69, 9.17) is 0 Å². The summed E-state index contributed by atoms with van der Waals surface area (Å²) < 4.78 is 2.01. The second-order valence-electron chi connectivity index (χ2n) is 3.70. The molecule has 0 spiro atoms. The van der Waals surface area contributed by atoms with Crippen molar-refractivity contribution in [1.29, 1.82) is 0 Å². The lowest BCUT2D eigenvalue weighted by atomic mass is 10.3. The molecule has 1 rings (SSSR count). The fourth-order valence-corrected chi connectivity index (χ4v) is 2.33. The van der Waals surface area contributed by atoms with Crippen LogP contribution in [0.3, 0.4) is 0 Å². The lowest BCUT2D eigenvalue weighted by Crippen LogP contribution is -2.13. The van der Waals surface area contributed by atoms with Gasteiger partial charge in [-0.3, -0.25) is 0 Å². The van der Waals surface area contributed by atoms with Crippen molar-refractivity contribution in [3.8, 4) is 0 Å². The minimum atomic E-state index is -0.290. The zero-order chi connectivity index (χ0) is 12.7. The maximum absolute atomic E-state index is 9.54. The normalized spacial score (nSPS) is 12.6. The molecule has 0 aliphatic heterocycles. The van der Waals surface area contributed by atoms with Gasteiger partial charge in [0.1, 0.15) is 5.82 Å². The van der Waals surface area contributed by atoms with Gasteiger partial charge in [0.25, 0.3) is 0 Å². The Labute approximate surface area is 106 Å². The van der Waals surface area contributed by atoms with Crippen molar-refractivity contribution in [3.63, 3.8) is 0 Å². The highest BCUT2D eigenvalue weighted by molar-refractivity contribution is 7.99. The highest BCUT2D eigenvalue weighted by Crippen LogP contribution is 2.18. The first-order valence-electron chi connectivity index (χ1n) is 5.71. The number of aliphatic hydroxyl groups is 1. The Kier molecular flexibility index (Phi) is 6.25. The average molecular weight is 256 g/mol. The number of allylic oxidation sites excluding steroid dienone is 1. The summed E-state index contributed by atoms with van der Waals surface area (Å²) in [5.74, 6) is 1.53. The van der Waals surface area contributed by atoms with Gasteiger partial charge < -0.3 is 15.0 Å². The Morgan fingerprint density at radius 3 is 2.94 bits per heavy atom. The van der Waals surface area contributed by atoms with Crippen molar-refractivity contribution >= 4 is 11.8 Å². The van der Waals surface area contributed by atoms with E-state index in [9.17, 15) is 5.11 Å². The Morgan fingerprint density at radius 2 is 2.35 bits per heavy atom. The van der Waals surface area contributed by atoms with E-state index in [1.54, 1.807) is 0 Å². The van der Waals surface area contributed by atoms with Crippen LogP contribution >= 0.6 is 11.8 Å². The van der Waals surface area contributed by atoms with E-state index in [0.717, 1.165) is 17.4 Å². The smallest absolute Gasteiger partial charge is 0.191 e. The van der Waals surface area contributed by atoms with Gasteiger partial charge in [0, 0.05) is 12.3 Å². The van der Waals surface area contributed by atoms with Crippen molar-refractivity contribution in [2.75, 3.05) is 12.8 Å². The molecule has 0 aliphatic carbocycles. The monoisotopic (exact) mass is 256 g/mol. The van der Waals surface area contributed by atoms with E-state index in [0.29, 0.717) is 18.8 Å². The van der Waals surface area contributed by atoms with E-state index in [1.165, 1.54) is 11.8 Å².